The number of likely N-dealkylation sites (tertiary alicyclic amines) is 2. The van der Waals surface area contributed by atoms with Crippen LogP contribution in [0.15, 0.2) is 24.3 Å². The van der Waals surface area contributed by atoms with Crippen molar-refractivity contribution in [3.63, 3.8) is 0 Å². The highest BCUT2D eigenvalue weighted by Gasteiger charge is 2.38. The highest BCUT2D eigenvalue weighted by Crippen LogP contribution is 2.29. The number of alkyl halides is 2. The van der Waals surface area contributed by atoms with Gasteiger partial charge in [0.1, 0.15) is 0 Å². The number of benzene rings is 1. The molecule has 3 nitrogen and oxygen atoms in total. The Balaban J connectivity index is 1.52. The fraction of sp³-hybridized carbons (Fsp3) is 0.611. The minimum atomic E-state index is -2.59. The van der Waals surface area contributed by atoms with Crippen molar-refractivity contribution in [2.24, 2.45) is 5.92 Å². The smallest absolute Gasteiger partial charge is 0.251 e. The summed E-state index contributed by atoms with van der Waals surface area (Å²) in [4.78, 5) is 16.4. The molecule has 1 amide bonds. The van der Waals surface area contributed by atoms with Gasteiger partial charge < -0.3 is 4.90 Å². The van der Waals surface area contributed by atoms with Crippen molar-refractivity contribution in [2.75, 3.05) is 26.2 Å². The van der Waals surface area contributed by atoms with E-state index in [1.807, 2.05) is 0 Å². The Morgan fingerprint density at radius 1 is 1.26 bits per heavy atom. The number of carbonyl (C=O) groups is 1. The number of halogens is 2. The Kier molecular flexibility index (Phi) is 4.67. The number of nitrogens with zero attached hydrogens (tertiary/aromatic N) is 2. The SMILES string of the molecule is Cc1cccc(CN2CCC(C(=O)N3CCC(F)(F)CC3)C2)c1. The van der Waals surface area contributed by atoms with Gasteiger partial charge in [0.2, 0.25) is 5.91 Å². The number of rotatable bonds is 3. The molecule has 2 heterocycles. The Labute approximate surface area is 136 Å². The van der Waals surface area contributed by atoms with Gasteiger partial charge in [-0.15, -0.1) is 0 Å². The molecule has 0 spiro atoms. The van der Waals surface area contributed by atoms with Crippen LogP contribution in [0.1, 0.15) is 30.4 Å². The number of aryl methyl sites for hydroxylation is 1. The molecule has 2 saturated heterocycles. The van der Waals surface area contributed by atoms with Crippen molar-refractivity contribution in [2.45, 2.75) is 38.7 Å². The van der Waals surface area contributed by atoms with Crippen molar-refractivity contribution in [1.82, 2.24) is 9.80 Å². The zero-order valence-electron chi connectivity index (χ0n) is 13.6. The number of hydrogen-bond donors (Lipinski definition) is 0. The van der Waals surface area contributed by atoms with Gasteiger partial charge in [-0.3, -0.25) is 9.69 Å². The van der Waals surface area contributed by atoms with E-state index in [4.69, 9.17) is 0 Å². The van der Waals surface area contributed by atoms with Crippen LogP contribution in [0.5, 0.6) is 0 Å². The van der Waals surface area contributed by atoms with Crippen LogP contribution in [-0.2, 0) is 11.3 Å². The van der Waals surface area contributed by atoms with E-state index in [-0.39, 0.29) is 37.8 Å². The monoisotopic (exact) mass is 322 g/mol. The first-order valence-electron chi connectivity index (χ1n) is 8.37. The molecule has 0 N–H and O–H groups in total. The molecule has 1 unspecified atom stereocenters. The van der Waals surface area contributed by atoms with Crippen LogP contribution in [0.2, 0.25) is 0 Å². The fourth-order valence-corrected chi connectivity index (χ4v) is 3.56. The molecule has 2 aliphatic heterocycles. The maximum absolute atomic E-state index is 13.2. The average molecular weight is 322 g/mol. The maximum atomic E-state index is 13.2. The summed E-state index contributed by atoms with van der Waals surface area (Å²) < 4.78 is 26.4. The van der Waals surface area contributed by atoms with E-state index in [2.05, 4.69) is 36.1 Å². The van der Waals surface area contributed by atoms with Gasteiger partial charge in [0, 0.05) is 39.0 Å². The van der Waals surface area contributed by atoms with Crippen molar-refractivity contribution in [3.8, 4) is 0 Å². The minimum Gasteiger partial charge on any atom is -0.342 e. The lowest BCUT2D eigenvalue weighted by atomic mass is 10.0. The van der Waals surface area contributed by atoms with Crippen molar-refractivity contribution in [1.29, 1.82) is 0 Å². The van der Waals surface area contributed by atoms with Gasteiger partial charge in [-0.1, -0.05) is 29.8 Å². The number of hydrogen-bond acceptors (Lipinski definition) is 2. The number of amides is 1. The Bertz CT molecular complexity index is 566. The van der Waals surface area contributed by atoms with E-state index in [0.29, 0.717) is 0 Å². The predicted molar refractivity (Wildman–Crippen MR) is 85.3 cm³/mol. The van der Waals surface area contributed by atoms with Crippen molar-refractivity contribution >= 4 is 5.91 Å². The topological polar surface area (TPSA) is 23.6 Å². The first-order chi connectivity index (χ1) is 10.9. The number of piperidine rings is 1. The molecule has 1 aromatic carbocycles. The Hall–Kier alpha value is -1.49. The normalized spacial score (nSPS) is 24.8. The van der Waals surface area contributed by atoms with Gasteiger partial charge in [-0.05, 0) is 25.5 Å². The van der Waals surface area contributed by atoms with Crippen LogP contribution in [-0.4, -0.2) is 47.8 Å². The van der Waals surface area contributed by atoms with E-state index < -0.39 is 5.92 Å². The molecule has 0 aliphatic carbocycles. The summed E-state index contributed by atoms with van der Waals surface area (Å²) in [7, 11) is 0. The predicted octanol–water partition coefficient (Wildman–Crippen LogP) is 3.07. The van der Waals surface area contributed by atoms with E-state index in [0.717, 1.165) is 26.1 Å². The van der Waals surface area contributed by atoms with Gasteiger partial charge in [-0.2, -0.15) is 0 Å². The quantitative estimate of drug-likeness (QED) is 0.854. The molecular formula is C18H24F2N2O. The van der Waals surface area contributed by atoms with E-state index in [9.17, 15) is 13.6 Å². The van der Waals surface area contributed by atoms with E-state index in [1.54, 1.807) is 4.90 Å². The van der Waals surface area contributed by atoms with Gasteiger partial charge >= 0.3 is 0 Å². The molecule has 1 aromatic rings. The zero-order chi connectivity index (χ0) is 16.4. The summed E-state index contributed by atoms with van der Waals surface area (Å²) in [6, 6.07) is 8.40. The fourth-order valence-electron chi connectivity index (χ4n) is 3.56. The third-order valence-corrected chi connectivity index (χ3v) is 4.92. The van der Waals surface area contributed by atoms with Crippen LogP contribution in [0.3, 0.4) is 0 Å². The Morgan fingerprint density at radius 2 is 2.00 bits per heavy atom. The molecule has 1 atom stereocenters. The average Bonchev–Trinajstić information content (AvgIpc) is 2.95. The minimum absolute atomic E-state index is 0.0356. The summed E-state index contributed by atoms with van der Waals surface area (Å²) in [5, 5.41) is 0. The van der Waals surface area contributed by atoms with Crippen LogP contribution in [0.25, 0.3) is 0 Å². The lowest BCUT2D eigenvalue weighted by Crippen LogP contribution is -2.45. The van der Waals surface area contributed by atoms with E-state index in [1.165, 1.54) is 11.1 Å². The second-order valence-corrected chi connectivity index (χ2v) is 6.89. The molecule has 23 heavy (non-hydrogen) atoms. The summed E-state index contributed by atoms with van der Waals surface area (Å²) in [6.45, 7) is 4.95. The van der Waals surface area contributed by atoms with Crippen molar-refractivity contribution in [3.05, 3.63) is 35.4 Å². The molecule has 126 valence electrons. The zero-order valence-corrected chi connectivity index (χ0v) is 13.6. The standard InChI is InChI=1S/C18H24F2N2O/c1-14-3-2-4-15(11-14)12-21-8-5-16(13-21)17(23)22-9-6-18(19,20)7-10-22/h2-4,11,16H,5-10,12-13H2,1H3. The Morgan fingerprint density at radius 3 is 2.70 bits per heavy atom. The first-order valence-corrected chi connectivity index (χ1v) is 8.37. The highest BCUT2D eigenvalue weighted by molar-refractivity contribution is 5.79. The van der Waals surface area contributed by atoms with Crippen LogP contribution < -0.4 is 0 Å². The maximum Gasteiger partial charge on any atom is 0.251 e. The van der Waals surface area contributed by atoms with Crippen molar-refractivity contribution < 1.29 is 13.6 Å². The summed E-state index contributed by atoms with van der Waals surface area (Å²) in [6.07, 6.45) is 0.439. The van der Waals surface area contributed by atoms with Gasteiger partial charge in [0.05, 0.1) is 5.92 Å². The summed E-state index contributed by atoms with van der Waals surface area (Å²) in [5.74, 6) is -2.57. The van der Waals surface area contributed by atoms with Gasteiger partial charge in [0.15, 0.2) is 0 Å². The summed E-state index contributed by atoms with van der Waals surface area (Å²) in [5.41, 5.74) is 2.50. The second kappa shape index (κ2) is 6.56. The largest absolute Gasteiger partial charge is 0.342 e. The third-order valence-electron chi connectivity index (χ3n) is 4.92. The molecular weight excluding hydrogens is 298 g/mol. The molecule has 0 radical (unpaired) electrons. The first kappa shape index (κ1) is 16.4. The molecule has 0 bridgehead atoms. The lowest BCUT2D eigenvalue weighted by molar-refractivity contribution is -0.141. The third kappa shape index (κ3) is 4.08. The van der Waals surface area contributed by atoms with Crippen LogP contribution >= 0.6 is 0 Å². The summed E-state index contributed by atoms with van der Waals surface area (Å²) >= 11 is 0. The lowest BCUT2D eigenvalue weighted by Gasteiger charge is -2.33. The van der Waals surface area contributed by atoms with Gasteiger partial charge in [0.25, 0.3) is 5.92 Å². The molecule has 0 saturated carbocycles. The van der Waals surface area contributed by atoms with Crippen LogP contribution in [0.4, 0.5) is 8.78 Å². The van der Waals surface area contributed by atoms with Gasteiger partial charge in [-0.25, -0.2) is 8.78 Å². The highest BCUT2D eigenvalue weighted by atomic mass is 19.3. The molecule has 3 rings (SSSR count). The van der Waals surface area contributed by atoms with E-state index >= 15 is 0 Å². The second-order valence-electron chi connectivity index (χ2n) is 6.89. The van der Waals surface area contributed by atoms with Crippen LogP contribution in [0, 0.1) is 12.8 Å². The molecule has 2 fully saturated rings. The molecule has 2 aliphatic rings. The molecule has 0 aromatic heterocycles. The number of carbonyl (C=O) groups excluding carboxylic acids is 1. The molecule has 5 heteroatoms.